The molecule has 88 valence electrons. The van der Waals surface area contributed by atoms with E-state index in [4.69, 9.17) is 9.47 Å². The van der Waals surface area contributed by atoms with Crippen molar-refractivity contribution in [2.24, 2.45) is 0 Å². The van der Waals surface area contributed by atoms with Crippen molar-refractivity contribution in [2.75, 3.05) is 32.8 Å². The van der Waals surface area contributed by atoms with Gasteiger partial charge in [0.15, 0.2) is 0 Å². The third-order valence-electron chi connectivity index (χ3n) is 2.21. The zero-order valence-electron chi connectivity index (χ0n) is 9.25. The number of hydrogen-bond donors (Lipinski definition) is 2. The molecule has 0 bridgehead atoms. The maximum atomic E-state index is 11.2. The Kier molecular flexibility index (Phi) is 6.11. The largest absolute Gasteiger partial charge is 0.450 e. The molecule has 1 rings (SSSR count). The van der Waals surface area contributed by atoms with Crippen LogP contribution < -0.4 is 10.6 Å². The molecule has 0 radical (unpaired) electrons. The fourth-order valence-electron chi connectivity index (χ4n) is 1.31. The molecule has 0 unspecified atom stereocenters. The molecule has 0 saturated carbocycles. The summed E-state index contributed by atoms with van der Waals surface area (Å²) in [4.78, 5) is 11.2. The first-order valence-corrected chi connectivity index (χ1v) is 5.56. The maximum Gasteiger partial charge on any atom is 0.407 e. The lowest BCUT2D eigenvalue weighted by Gasteiger charge is -2.23. The summed E-state index contributed by atoms with van der Waals surface area (Å²) in [5.41, 5.74) is 0. The highest BCUT2D eigenvalue weighted by Crippen LogP contribution is 1.94. The predicted molar refractivity (Wildman–Crippen MR) is 56.9 cm³/mol. The summed E-state index contributed by atoms with van der Waals surface area (Å²) in [6.45, 7) is 5.44. The molecule has 1 aliphatic rings. The number of hydrogen-bond acceptors (Lipinski definition) is 4. The van der Waals surface area contributed by atoms with Gasteiger partial charge in [-0.25, -0.2) is 4.79 Å². The molecule has 2 N–H and O–H groups in total. The third kappa shape index (κ3) is 5.59. The Bertz CT molecular complexity index is 182. The van der Waals surface area contributed by atoms with E-state index in [0.29, 0.717) is 19.8 Å². The molecular formula is C10H20N2O3. The zero-order chi connectivity index (χ0) is 10.9. The number of morpholine rings is 1. The molecule has 1 amide bonds. The SMILES string of the molecule is CCCCOC(=O)NC[C@H]1CNCCO1. The lowest BCUT2D eigenvalue weighted by molar-refractivity contribution is 0.0283. The molecule has 5 nitrogen and oxygen atoms in total. The summed E-state index contributed by atoms with van der Waals surface area (Å²) in [5, 5.41) is 5.88. The van der Waals surface area contributed by atoms with Crippen molar-refractivity contribution < 1.29 is 14.3 Å². The van der Waals surface area contributed by atoms with E-state index in [9.17, 15) is 4.79 Å². The van der Waals surface area contributed by atoms with Crippen molar-refractivity contribution in [3.63, 3.8) is 0 Å². The number of carbonyl (C=O) groups is 1. The topological polar surface area (TPSA) is 59.6 Å². The number of alkyl carbamates (subject to hydrolysis) is 1. The Hall–Kier alpha value is -0.810. The van der Waals surface area contributed by atoms with E-state index in [-0.39, 0.29) is 12.2 Å². The van der Waals surface area contributed by atoms with Crippen LogP contribution in [0.3, 0.4) is 0 Å². The van der Waals surface area contributed by atoms with E-state index in [1.54, 1.807) is 0 Å². The van der Waals surface area contributed by atoms with Crippen molar-refractivity contribution in [2.45, 2.75) is 25.9 Å². The smallest absolute Gasteiger partial charge is 0.407 e. The highest BCUT2D eigenvalue weighted by molar-refractivity contribution is 5.67. The molecule has 0 aromatic carbocycles. The Labute approximate surface area is 90.5 Å². The molecule has 1 aliphatic heterocycles. The predicted octanol–water partition coefficient (Wildman–Crippen LogP) is 0.501. The fraction of sp³-hybridized carbons (Fsp3) is 0.900. The summed E-state index contributed by atoms with van der Waals surface area (Å²) < 4.78 is 10.4. The van der Waals surface area contributed by atoms with Crippen LogP contribution in [-0.2, 0) is 9.47 Å². The van der Waals surface area contributed by atoms with Crippen LogP contribution >= 0.6 is 0 Å². The van der Waals surface area contributed by atoms with E-state index in [0.717, 1.165) is 25.9 Å². The highest BCUT2D eigenvalue weighted by atomic mass is 16.5. The van der Waals surface area contributed by atoms with E-state index in [2.05, 4.69) is 17.6 Å². The van der Waals surface area contributed by atoms with Gasteiger partial charge >= 0.3 is 6.09 Å². The Balaban J connectivity index is 2.00. The number of unbranched alkanes of at least 4 members (excludes halogenated alkanes) is 1. The van der Waals surface area contributed by atoms with Crippen LogP contribution in [0.25, 0.3) is 0 Å². The standard InChI is InChI=1S/C10H20N2O3/c1-2-3-5-15-10(13)12-8-9-7-11-4-6-14-9/h9,11H,2-8H2,1H3,(H,12,13)/t9-/m1/s1. The van der Waals surface area contributed by atoms with Crippen LogP contribution in [0.4, 0.5) is 4.79 Å². The van der Waals surface area contributed by atoms with Crippen LogP contribution in [0.2, 0.25) is 0 Å². The second-order valence-corrected chi connectivity index (χ2v) is 3.57. The normalized spacial score (nSPS) is 21.0. The molecule has 0 aromatic heterocycles. The van der Waals surface area contributed by atoms with Crippen LogP contribution in [0.5, 0.6) is 0 Å². The first-order valence-electron chi connectivity index (χ1n) is 5.56. The minimum absolute atomic E-state index is 0.0671. The van der Waals surface area contributed by atoms with E-state index in [1.165, 1.54) is 0 Å². The van der Waals surface area contributed by atoms with Gasteiger partial charge in [-0.15, -0.1) is 0 Å². The quantitative estimate of drug-likeness (QED) is 0.657. The average Bonchev–Trinajstić information content (AvgIpc) is 2.28. The lowest BCUT2D eigenvalue weighted by atomic mass is 10.3. The lowest BCUT2D eigenvalue weighted by Crippen LogP contribution is -2.45. The number of carbonyl (C=O) groups excluding carboxylic acids is 1. The number of nitrogens with one attached hydrogen (secondary N) is 2. The molecule has 0 aromatic rings. The minimum Gasteiger partial charge on any atom is -0.450 e. The molecule has 1 atom stereocenters. The van der Waals surface area contributed by atoms with Crippen molar-refractivity contribution in [1.82, 2.24) is 10.6 Å². The minimum atomic E-state index is -0.349. The zero-order valence-corrected chi connectivity index (χ0v) is 9.25. The average molecular weight is 216 g/mol. The van der Waals surface area contributed by atoms with Crippen molar-refractivity contribution in [3.05, 3.63) is 0 Å². The van der Waals surface area contributed by atoms with Gasteiger partial charge in [0, 0.05) is 19.6 Å². The number of amides is 1. The Morgan fingerprint density at radius 3 is 3.20 bits per heavy atom. The highest BCUT2D eigenvalue weighted by Gasteiger charge is 2.14. The Morgan fingerprint density at radius 1 is 1.67 bits per heavy atom. The van der Waals surface area contributed by atoms with Gasteiger partial charge < -0.3 is 20.1 Å². The van der Waals surface area contributed by atoms with Crippen molar-refractivity contribution in [1.29, 1.82) is 0 Å². The van der Waals surface area contributed by atoms with Gasteiger partial charge in [-0.05, 0) is 6.42 Å². The number of rotatable bonds is 5. The molecule has 0 aliphatic carbocycles. The second-order valence-electron chi connectivity index (χ2n) is 3.57. The van der Waals surface area contributed by atoms with Crippen LogP contribution in [0.15, 0.2) is 0 Å². The molecule has 1 heterocycles. The van der Waals surface area contributed by atoms with Crippen LogP contribution in [0.1, 0.15) is 19.8 Å². The van der Waals surface area contributed by atoms with Crippen molar-refractivity contribution in [3.8, 4) is 0 Å². The van der Waals surface area contributed by atoms with Gasteiger partial charge in [0.05, 0.1) is 19.3 Å². The van der Waals surface area contributed by atoms with Crippen LogP contribution in [-0.4, -0.2) is 45.0 Å². The van der Waals surface area contributed by atoms with E-state index < -0.39 is 0 Å². The molecular weight excluding hydrogens is 196 g/mol. The van der Waals surface area contributed by atoms with Crippen molar-refractivity contribution >= 4 is 6.09 Å². The summed E-state index contributed by atoms with van der Waals surface area (Å²) in [5.74, 6) is 0. The summed E-state index contributed by atoms with van der Waals surface area (Å²) >= 11 is 0. The van der Waals surface area contributed by atoms with Gasteiger partial charge in [-0.1, -0.05) is 13.3 Å². The Morgan fingerprint density at radius 2 is 2.53 bits per heavy atom. The molecule has 0 spiro atoms. The molecule has 1 fully saturated rings. The van der Waals surface area contributed by atoms with E-state index in [1.807, 2.05) is 0 Å². The summed E-state index contributed by atoms with van der Waals surface area (Å²) in [6.07, 6.45) is 1.66. The molecule has 15 heavy (non-hydrogen) atoms. The monoisotopic (exact) mass is 216 g/mol. The van der Waals surface area contributed by atoms with E-state index >= 15 is 0 Å². The third-order valence-corrected chi connectivity index (χ3v) is 2.21. The fourth-order valence-corrected chi connectivity index (χ4v) is 1.31. The van der Waals surface area contributed by atoms with Crippen LogP contribution in [0, 0.1) is 0 Å². The number of ether oxygens (including phenoxy) is 2. The molecule has 1 saturated heterocycles. The van der Waals surface area contributed by atoms with Gasteiger partial charge in [-0.2, -0.15) is 0 Å². The first kappa shape index (κ1) is 12.3. The maximum absolute atomic E-state index is 11.2. The second kappa shape index (κ2) is 7.48. The van der Waals surface area contributed by atoms with Gasteiger partial charge in [0.25, 0.3) is 0 Å². The van der Waals surface area contributed by atoms with Gasteiger partial charge in [-0.3, -0.25) is 0 Å². The van der Waals surface area contributed by atoms with Gasteiger partial charge in [0.2, 0.25) is 0 Å². The first-order chi connectivity index (χ1) is 7.33. The molecule has 5 heteroatoms. The summed E-state index contributed by atoms with van der Waals surface area (Å²) in [6, 6.07) is 0. The van der Waals surface area contributed by atoms with Gasteiger partial charge in [0.1, 0.15) is 0 Å². The summed E-state index contributed by atoms with van der Waals surface area (Å²) in [7, 11) is 0.